The minimum atomic E-state index is -1.65. The summed E-state index contributed by atoms with van der Waals surface area (Å²) in [6.45, 7) is 6.77. The van der Waals surface area contributed by atoms with Gasteiger partial charge in [-0.3, -0.25) is 0 Å². The van der Waals surface area contributed by atoms with E-state index >= 15 is 0 Å². The zero-order valence-corrected chi connectivity index (χ0v) is 13.1. The molecule has 7 heteroatoms. The van der Waals surface area contributed by atoms with Gasteiger partial charge in [0.15, 0.2) is 11.6 Å². The molecule has 2 nitrogen and oxygen atoms in total. The standard InChI is InChI=1S/C15H5BrClF3N2/c1-22-15-13(19)9(10(6-21)12(18)14(15)20)4-7-2-3-8(17)5-11(7)16/h2-3,5H,4H2. The molecule has 0 amide bonds. The van der Waals surface area contributed by atoms with Crippen LogP contribution in [0.15, 0.2) is 22.7 Å². The van der Waals surface area contributed by atoms with E-state index in [-0.39, 0.29) is 12.0 Å². The zero-order chi connectivity index (χ0) is 16.4. The molecule has 0 N–H and O–H groups in total. The van der Waals surface area contributed by atoms with Crippen LogP contribution in [0, 0.1) is 35.4 Å². The highest BCUT2D eigenvalue weighted by Gasteiger charge is 2.25. The third kappa shape index (κ3) is 2.81. The second-order valence-electron chi connectivity index (χ2n) is 4.28. The molecule has 0 aliphatic carbocycles. The van der Waals surface area contributed by atoms with Gasteiger partial charge in [-0.2, -0.15) is 5.26 Å². The average Bonchev–Trinajstić information content (AvgIpc) is 2.48. The monoisotopic (exact) mass is 384 g/mol. The van der Waals surface area contributed by atoms with Gasteiger partial charge >= 0.3 is 0 Å². The van der Waals surface area contributed by atoms with Crippen LogP contribution in [0.5, 0.6) is 0 Å². The fourth-order valence-electron chi connectivity index (χ4n) is 1.93. The summed E-state index contributed by atoms with van der Waals surface area (Å²) in [5, 5.41) is 9.40. The van der Waals surface area contributed by atoms with Crippen LogP contribution in [-0.4, -0.2) is 0 Å². The Morgan fingerprint density at radius 1 is 1.23 bits per heavy atom. The Hall–Kier alpha value is -2.02. The Kier molecular flexibility index (Phi) is 4.75. The van der Waals surface area contributed by atoms with E-state index in [0.29, 0.717) is 15.1 Å². The van der Waals surface area contributed by atoms with Crippen LogP contribution >= 0.6 is 27.5 Å². The number of hydrogen-bond donors (Lipinski definition) is 0. The summed E-state index contributed by atoms with van der Waals surface area (Å²) in [4.78, 5) is 2.66. The predicted molar refractivity (Wildman–Crippen MR) is 79.3 cm³/mol. The molecule has 0 saturated heterocycles. The molecule has 0 aliphatic rings. The van der Waals surface area contributed by atoms with Crippen LogP contribution in [0.3, 0.4) is 0 Å². The Morgan fingerprint density at radius 3 is 2.45 bits per heavy atom. The molecule has 0 spiro atoms. The Balaban J connectivity index is 2.68. The molecular formula is C15H5BrClF3N2. The highest BCUT2D eigenvalue weighted by Crippen LogP contribution is 2.33. The quantitative estimate of drug-likeness (QED) is 0.493. The first-order valence-electron chi connectivity index (χ1n) is 5.81. The van der Waals surface area contributed by atoms with Gasteiger partial charge in [-0.15, -0.1) is 0 Å². The minimum absolute atomic E-state index is 0.188. The van der Waals surface area contributed by atoms with Gasteiger partial charge in [0.2, 0.25) is 0 Å². The summed E-state index contributed by atoms with van der Waals surface area (Å²) >= 11 is 9.02. The molecule has 22 heavy (non-hydrogen) atoms. The van der Waals surface area contributed by atoms with Crippen molar-refractivity contribution in [3.8, 4) is 6.07 Å². The van der Waals surface area contributed by atoms with Crippen molar-refractivity contribution in [3.05, 3.63) is 73.3 Å². The molecule has 2 aromatic carbocycles. The molecule has 0 unspecified atom stereocenters. The molecule has 0 fully saturated rings. The van der Waals surface area contributed by atoms with Crippen molar-refractivity contribution < 1.29 is 13.2 Å². The molecule has 2 aromatic rings. The maximum Gasteiger partial charge on any atom is 0.260 e. The van der Waals surface area contributed by atoms with Crippen LogP contribution in [0.25, 0.3) is 4.85 Å². The lowest BCUT2D eigenvalue weighted by atomic mass is 9.98. The van der Waals surface area contributed by atoms with Gasteiger partial charge in [-0.1, -0.05) is 33.6 Å². The molecule has 0 heterocycles. The minimum Gasteiger partial charge on any atom is -0.232 e. The third-order valence-electron chi connectivity index (χ3n) is 3.00. The van der Waals surface area contributed by atoms with Crippen molar-refractivity contribution in [1.82, 2.24) is 0 Å². The van der Waals surface area contributed by atoms with E-state index in [2.05, 4.69) is 20.8 Å². The maximum absolute atomic E-state index is 14.2. The molecule has 0 aromatic heterocycles. The Labute approximate surface area is 137 Å². The first kappa shape index (κ1) is 16.4. The summed E-state index contributed by atoms with van der Waals surface area (Å²) in [5.41, 5.74) is -1.65. The van der Waals surface area contributed by atoms with Crippen molar-refractivity contribution >= 4 is 33.2 Å². The highest BCUT2D eigenvalue weighted by atomic mass is 79.9. The van der Waals surface area contributed by atoms with Crippen molar-refractivity contribution in [2.45, 2.75) is 6.42 Å². The molecule has 0 aliphatic heterocycles. The van der Waals surface area contributed by atoms with Crippen LogP contribution in [0.1, 0.15) is 16.7 Å². The fraction of sp³-hybridized carbons (Fsp3) is 0.0667. The van der Waals surface area contributed by atoms with Crippen LogP contribution in [0.2, 0.25) is 5.02 Å². The number of rotatable bonds is 2. The number of hydrogen-bond acceptors (Lipinski definition) is 1. The van der Waals surface area contributed by atoms with Crippen LogP contribution in [-0.2, 0) is 6.42 Å². The summed E-state index contributed by atoms with van der Waals surface area (Å²) in [5.74, 6) is -4.40. The summed E-state index contributed by atoms with van der Waals surface area (Å²) < 4.78 is 42.1. The second kappa shape index (κ2) is 6.39. The second-order valence-corrected chi connectivity index (χ2v) is 5.57. The van der Waals surface area contributed by atoms with E-state index in [4.69, 9.17) is 23.4 Å². The van der Waals surface area contributed by atoms with E-state index < -0.39 is 28.7 Å². The van der Waals surface area contributed by atoms with Gasteiger partial charge in [0.05, 0.1) is 12.1 Å². The Bertz CT molecular complexity index is 854. The van der Waals surface area contributed by atoms with Gasteiger partial charge in [-0.25, -0.2) is 18.0 Å². The summed E-state index contributed by atoms with van der Waals surface area (Å²) in [6, 6.07) is 6.10. The summed E-state index contributed by atoms with van der Waals surface area (Å²) in [6.07, 6.45) is -0.188. The highest BCUT2D eigenvalue weighted by molar-refractivity contribution is 9.10. The first-order valence-corrected chi connectivity index (χ1v) is 6.98. The SMILES string of the molecule is [C-]#[N+]c1c(F)c(F)c(C#N)c(Cc2ccc(Cl)cc2Br)c1F. The van der Waals surface area contributed by atoms with E-state index in [9.17, 15) is 13.2 Å². The lowest BCUT2D eigenvalue weighted by Gasteiger charge is -2.11. The van der Waals surface area contributed by atoms with E-state index in [0.717, 1.165) is 0 Å². The van der Waals surface area contributed by atoms with Crippen molar-refractivity contribution in [1.29, 1.82) is 5.26 Å². The number of halogens is 5. The molecule has 2 rings (SSSR count). The lowest BCUT2D eigenvalue weighted by Crippen LogP contribution is -2.04. The van der Waals surface area contributed by atoms with E-state index in [1.54, 1.807) is 18.2 Å². The average molecular weight is 386 g/mol. The molecule has 0 saturated carbocycles. The third-order valence-corrected chi connectivity index (χ3v) is 3.97. The number of nitriles is 1. The van der Waals surface area contributed by atoms with E-state index in [1.807, 2.05) is 0 Å². The normalized spacial score (nSPS) is 10.1. The smallest absolute Gasteiger partial charge is 0.232 e. The number of nitrogens with zero attached hydrogens (tertiary/aromatic N) is 2. The Morgan fingerprint density at radius 2 is 1.91 bits per heavy atom. The maximum atomic E-state index is 14.2. The van der Waals surface area contributed by atoms with Gasteiger partial charge in [0.25, 0.3) is 5.69 Å². The summed E-state index contributed by atoms with van der Waals surface area (Å²) in [7, 11) is 0. The van der Waals surface area contributed by atoms with Gasteiger partial charge in [-0.05, 0) is 17.7 Å². The molecule has 0 radical (unpaired) electrons. The number of benzene rings is 2. The molecule has 110 valence electrons. The van der Waals surface area contributed by atoms with Gasteiger partial charge in [0.1, 0.15) is 11.9 Å². The van der Waals surface area contributed by atoms with Crippen molar-refractivity contribution in [2.75, 3.05) is 0 Å². The molecule has 0 atom stereocenters. The largest absolute Gasteiger partial charge is 0.260 e. The first-order chi connectivity index (χ1) is 10.4. The zero-order valence-electron chi connectivity index (χ0n) is 10.7. The van der Waals surface area contributed by atoms with Crippen LogP contribution < -0.4 is 0 Å². The van der Waals surface area contributed by atoms with Crippen molar-refractivity contribution in [3.63, 3.8) is 0 Å². The van der Waals surface area contributed by atoms with Gasteiger partial charge in [0, 0.05) is 21.5 Å². The van der Waals surface area contributed by atoms with Crippen LogP contribution in [0.4, 0.5) is 18.9 Å². The molecular weight excluding hydrogens is 381 g/mol. The van der Waals surface area contributed by atoms with Crippen molar-refractivity contribution in [2.24, 2.45) is 0 Å². The topological polar surface area (TPSA) is 28.1 Å². The van der Waals surface area contributed by atoms with Gasteiger partial charge < -0.3 is 0 Å². The predicted octanol–water partition coefficient (Wildman–Crippen LogP) is 5.53. The lowest BCUT2D eigenvalue weighted by molar-refractivity contribution is 0.495. The fourth-order valence-corrected chi connectivity index (χ4v) is 2.75. The molecule has 0 bridgehead atoms. The van der Waals surface area contributed by atoms with E-state index in [1.165, 1.54) is 6.07 Å².